The second-order valence-corrected chi connectivity index (χ2v) is 11.6. The van der Waals surface area contributed by atoms with Crippen LogP contribution in [0.5, 0.6) is 0 Å². The fourth-order valence-electron chi connectivity index (χ4n) is 6.83. The Labute approximate surface area is 250 Å². The van der Waals surface area contributed by atoms with Gasteiger partial charge >= 0.3 is 17.9 Å². The highest BCUT2D eigenvalue weighted by atomic mass is 16.6. The first-order valence-corrected chi connectivity index (χ1v) is 14.9. The lowest BCUT2D eigenvalue weighted by Gasteiger charge is -2.19. The number of nitrogens with zero attached hydrogens (tertiary/aromatic N) is 2. The van der Waals surface area contributed by atoms with Crippen LogP contribution in [0.1, 0.15) is 133 Å². The van der Waals surface area contributed by atoms with Crippen LogP contribution >= 0.6 is 0 Å². The summed E-state index contributed by atoms with van der Waals surface area (Å²) in [5, 5.41) is 0. The van der Waals surface area contributed by atoms with Crippen LogP contribution in [-0.2, 0) is 14.3 Å². The molecule has 0 saturated heterocycles. The topological polar surface area (TPSA) is 127 Å². The predicted molar refractivity (Wildman–Crippen MR) is 165 cm³/mol. The molecular weight excluding hydrogens is 544 g/mol. The van der Waals surface area contributed by atoms with E-state index in [4.69, 9.17) is 19.4 Å². The molecule has 2 N–H and O–H groups in total. The van der Waals surface area contributed by atoms with Crippen LogP contribution < -0.4 is 0 Å². The molecule has 2 atom stereocenters. The molecule has 0 aliphatic carbocycles. The summed E-state index contributed by atoms with van der Waals surface area (Å²) < 4.78 is 10.3. The quantitative estimate of drug-likeness (QED) is 0.283. The van der Waals surface area contributed by atoms with Crippen molar-refractivity contribution in [3.05, 3.63) is 69.1 Å². The summed E-state index contributed by atoms with van der Waals surface area (Å²) in [6.45, 7) is 12.3. The predicted octanol–water partition coefficient (Wildman–Crippen LogP) is 7.18. The number of nitrogens with one attached hydrogen (secondary N) is 2. The van der Waals surface area contributed by atoms with Crippen LogP contribution in [0, 0.1) is 6.92 Å². The lowest BCUT2D eigenvalue weighted by Crippen LogP contribution is -2.21. The summed E-state index contributed by atoms with van der Waals surface area (Å²) in [5.41, 5.74) is 11.7. The Morgan fingerprint density at radius 1 is 0.884 bits per heavy atom. The van der Waals surface area contributed by atoms with Gasteiger partial charge in [0.2, 0.25) is 0 Å². The third kappa shape index (κ3) is 4.49. The van der Waals surface area contributed by atoms with E-state index in [9.17, 15) is 14.4 Å². The van der Waals surface area contributed by atoms with Gasteiger partial charge < -0.3 is 19.4 Å². The summed E-state index contributed by atoms with van der Waals surface area (Å²) >= 11 is 0. The molecule has 2 aromatic heterocycles. The molecular formula is C34H36N4O5. The Hall–Kier alpha value is -4.53. The standard InChI is InChI=1S/C34H36N4O5/c1-8-19-15(3)22-12-24-17(5)21(10-11-28(39)42-7)31(37-24)30-32-29(33(40)43-34(30)41)18(6)25(38-32)14-27-20(9-2)16(4)23(36-27)13-26(19)35-22/h12-14,17,21,37-38H,8-11H2,1-7H3. The summed E-state index contributed by atoms with van der Waals surface area (Å²) in [7, 11) is 1.37. The number of aromatic nitrogens is 4. The molecule has 2 unspecified atom stereocenters. The number of methoxy groups -OCH3 is 1. The maximum absolute atomic E-state index is 13.5. The molecule has 0 amide bonds. The van der Waals surface area contributed by atoms with Crippen molar-refractivity contribution < 1.29 is 23.9 Å². The van der Waals surface area contributed by atoms with Crippen molar-refractivity contribution in [2.45, 2.75) is 79.1 Å². The van der Waals surface area contributed by atoms with Crippen LogP contribution in [0.25, 0.3) is 33.3 Å². The Morgan fingerprint density at radius 2 is 1.49 bits per heavy atom. The van der Waals surface area contributed by atoms with Gasteiger partial charge in [0, 0.05) is 35.2 Å². The van der Waals surface area contributed by atoms with Gasteiger partial charge in [-0.1, -0.05) is 20.8 Å². The van der Waals surface area contributed by atoms with E-state index in [1.165, 1.54) is 7.11 Å². The molecule has 0 saturated carbocycles. The third-order valence-electron chi connectivity index (χ3n) is 9.36. The first-order chi connectivity index (χ1) is 20.6. The van der Waals surface area contributed by atoms with Crippen LogP contribution in [0.15, 0.2) is 18.2 Å². The largest absolute Gasteiger partial charge is 0.469 e. The molecule has 9 heteroatoms. The van der Waals surface area contributed by atoms with E-state index >= 15 is 0 Å². The molecule has 222 valence electrons. The fraction of sp³-hybridized carbons (Fsp3) is 0.382. The number of cyclic esters (lactones) is 2. The van der Waals surface area contributed by atoms with Crippen LogP contribution in [-0.4, -0.2) is 45.0 Å². The summed E-state index contributed by atoms with van der Waals surface area (Å²) in [6.07, 6.45) is 2.22. The van der Waals surface area contributed by atoms with E-state index in [-0.39, 0.29) is 29.8 Å². The Morgan fingerprint density at radius 3 is 2.12 bits per heavy atom. The lowest BCUT2D eigenvalue weighted by atomic mass is 9.85. The van der Waals surface area contributed by atoms with E-state index < -0.39 is 11.9 Å². The molecule has 9 nitrogen and oxygen atoms in total. The van der Waals surface area contributed by atoms with Gasteiger partial charge in [0.25, 0.3) is 0 Å². The van der Waals surface area contributed by atoms with Crippen molar-refractivity contribution in [1.82, 2.24) is 19.9 Å². The molecule has 4 aliphatic heterocycles. The van der Waals surface area contributed by atoms with E-state index in [2.05, 4.69) is 50.7 Å². The molecule has 6 rings (SSSR count). The van der Waals surface area contributed by atoms with E-state index in [1.807, 2.05) is 19.1 Å². The first-order valence-electron chi connectivity index (χ1n) is 14.9. The van der Waals surface area contributed by atoms with Crippen LogP contribution in [0.3, 0.4) is 0 Å². The van der Waals surface area contributed by atoms with Gasteiger partial charge in [-0.2, -0.15) is 0 Å². The zero-order valence-electron chi connectivity index (χ0n) is 25.7. The number of ether oxygens (including phenoxy) is 2. The van der Waals surface area contributed by atoms with Crippen molar-refractivity contribution in [3.63, 3.8) is 0 Å². The summed E-state index contributed by atoms with van der Waals surface area (Å²) in [4.78, 5) is 55.8. The number of hydrogen-bond acceptors (Lipinski definition) is 7. The average Bonchev–Trinajstić information content (AvgIpc) is 3.65. The third-order valence-corrected chi connectivity index (χ3v) is 9.36. The number of carbonyl (C=O) groups is 3. The van der Waals surface area contributed by atoms with Gasteiger partial charge in [-0.05, 0) is 86.1 Å². The number of esters is 3. The Kier molecular flexibility index (Phi) is 7.07. The smallest absolute Gasteiger partial charge is 0.349 e. The number of hydrogen-bond donors (Lipinski definition) is 2. The minimum Gasteiger partial charge on any atom is -0.469 e. The van der Waals surface area contributed by atoms with Crippen molar-refractivity contribution in [2.24, 2.45) is 0 Å². The Bertz CT molecular complexity index is 1870. The second kappa shape index (κ2) is 10.6. The first kappa shape index (κ1) is 28.6. The number of H-pyrrole nitrogens is 2. The van der Waals surface area contributed by atoms with Gasteiger partial charge in [-0.3, -0.25) is 4.79 Å². The van der Waals surface area contributed by atoms with E-state index in [0.717, 1.165) is 63.6 Å². The molecule has 4 aliphatic rings. The monoisotopic (exact) mass is 580 g/mol. The molecule has 8 bridgehead atoms. The van der Waals surface area contributed by atoms with Crippen LogP contribution in [0.2, 0.25) is 0 Å². The van der Waals surface area contributed by atoms with Gasteiger partial charge in [0.05, 0.1) is 41.0 Å². The maximum atomic E-state index is 13.5. The SMILES string of the molecule is CCC1=C(C)c2cc3[nH]c(c4c5[nH]c(cc6nc(cc1n2)C(C)=C6CC)c(C)c5C(=O)OC4=O)C(CCC(=O)OC)C3C. The fourth-order valence-corrected chi connectivity index (χ4v) is 6.83. The zero-order valence-corrected chi connectivity index (χ0v) is 25.7. The minimum atomic E-state index is -0.725. The van der Waals surface area contributed by atoms with Gasteiger partial charge in [-0.25, -0.2) is 19.6 Å². The minimum absolute atomic E-state index is 0.0827. The molecule has 0 spiro atoms. The van der Waals surface area contributed by atoms with Crippen molar-refractivity contribution in [2.75, 3.05) is 7.11 Å². The van der Waals surface area contributed by atoms with E-state index in [0.29, 0.717) is 34.3 Å². The number of aryl methyl sites for hydroxylation is 1. The van der Waals surface area contributed by atoms with Crippen molar-refractivity contribution >= 4 is 51.2 Å². The lowest BCUT2D eigenvalue weighted by molar-refractivity contribution is -0.140. The normalized spacial score (nSPS) is 18.7. The molecule has 0 fully saturated rings. The zero-order chi connectivity index (χ0) is 30.7. The molecule has 0 aromatic carbocycles. The van der Waals surface area contributed by atoms with Crippen LogP contribution in [0.4, 0.5) is 0 Å². The number of carbonyl (C=O) groups excluding carboxylic acids is 3. The molecule has 2 aromatic rings. The van der Waals surface area contributed by atoms with Crippen molar-refractivity contribution in [1.29, 1.82) is 0 Å². The average molecular weight is 581 g/mol. The summed E-state index contributed by atoms with van der Waals surface area (Å²) in [6, 6.07) is 6.06. The molecule has 0 radical (unpaired) electrons. The Balaban J connectivity index is 1.77. The highest BCUT2D eigenvalue weighted by Gasteiger charge is 2.38. The van der Waals surface area contributed by atoms with Gasteiger partial charge in [-0.15, -0.1) is 0 Å². The number of fused-ring (bicyclic) bond motifs is 8. The molecule has 6 heterocycles. The second-order valence-electron chi connectivity index (χ2n) is 11.6. The highest BCUT2D eigenvalue weighted by Crippen LogP contribution is 2.44. The number of aromatic amines is 2. The van der Waals surface area contributed by atoms with Crippen molar-refractivity contribution in [3.8, 4) is 0 Å². The van der Waals surface area contributed by atoms with E-state index in [1.54, 1.807) is 0 Å². The van der Waals surface area contributed by atoms with Gasteiger partial charge in [0.1, 0.15) is 5.56 Å². The number of allylic oxidation sites excluding steroid dienone is 4. The highest BCUT2D eigenvalue weighted by molar-refractivity contribution is 6.18. The summed E-state index contributed by atoms with van der Waals surface area (Å²) in [5.74, 6) is -2.05. The maximum Gasteiger partial charge on any atom is 0.349 e. The molecule has 43 heavy (non-hydrogen) atoms. The number of rotatable bonds is 5. The van der Waals surface area contributed by atoms with Gasteiger partial charge in [0.15, 0.2) is 0 Å².